The summed E-state index contributed by atoms with van der Waals surface area (Å²) in [4.78, 5) is 16.3. The molecule has 2 heterocycles. The van der Waals surface area contributed by atoms with Gasteiger partial charge in [-0.2, -0.15) is 0 Å². The van der Waals surface area contributed by atoms with Crippen molar-refractivity contribution in [3.05, 3.63) is 70.8 Å². The van der Waals surface area contributed by atoms with Crippen molar-refractivity contribution in [1.29, 1.82) is 0 Å². The average molecular weight is 456 g/mol. The molecule has 32 heavy (non-hydrogen) atoms. The van der Waals surface area contributed by atoms with E-state index in [2.05, 4.69) is 19.8 Å². The molecule has 1 atom stereocenters. The maximum absolute atomic E-state index is 14.1. The molecule has 0 saturated heterocycles. The highest BCUT2D eigenvalue weighted by atomic mass is 35.5. The van der Waals surface area contributed by atoms with Gasteiger partial charge in [-0.05, 0) is 26.2 Å². The molecule has 0 bridgehead atoms. The van der Waals surface area contributed by atoms with E-state index in [9.17, 15) is 4.39 Å². The third kappa shape index (κ3) is 4.09. The summed E-state index contributed by atoms with van der Waals surface area (Å²) >= 11 is 6.43. The minimum Gasteiger partial charge on any atom is -0.400 e. The van der Waals surface area contributed by atoms with Crippen molar-refractivity contribution in [2.75, 3.05) is 34.2 Å². The fraction of sp³-hybridized carbons (Fsp3) is 0.304. The predicted molar refractivity (Wildman–Crippen MR) is 126 cm³/mol. The maximum Gasteiger partial charge on any atom is 0.153 e. The predicted octanol–water partition coefficient (Wildman–Crippen LogP) is 3.20. The van der Waals surface area contributed by atoms with Crippen LogP contribution in [-0.2, 0) is 5.54 Å². The topological polar surface area (TPSA) is 100 Å². The van der Waals surface area contributed by atoms with Crippen LogP contribution in [0, 0.1) is 5.82 Å². The lowest BCUT2D eigenvalue weighted by Gasteiger charge is -2.32. The number of likely N-dealkylation sites (N-methyl/N-ethyl adjacent to an activating group) is 2. The Balaban J connectivity index is 1.67. The first-order valence-electron chi connectivity index (χ1n) is 10.3. The van der Waals surface area contributed by atoms with Gasteiger partial charge in [0.2, 0.25) is 0 Å². The van der Waals surface area contributed by atoms with Gasteiger partial charge in [-0.15, -0.1) is 0 Å². The van der Waals surface area contributed by atoms with Crippen molar-refractivity contribution in [2.24, 2.45) is 11.5 Å². The number of nitrogens with two attached hydrogens (primary N) is 2. The van der Waals surface area contributed by atoms with Crippen molar-refractivity contribution in [1.82, 2.24) is 24.8 Å². The van der Waals surface area contributed by atoms with Gasteiger partial charge < -0.3 is 26.3 Å². The molecule has 0 amide bonds. The van der Waals surface area contributed by atoms with Gasteiger partial charge in [0.05, 0.1) is 21.9 Å². The normalized spacial score (nSPS) is 18.7. The van der Waals surface area contributed by atoms with E-state index in [1.807, 2.05) is 39.4 Å². The van der Waals surface area contributed by atoms with E-state index < -0.39 is 5.54 Å². The Morgan fingerprint density at radius 1 is 1.25 bits per heavy atom. The molecule has 0 fully saturated rings. The van der Waals surface area contributed by atoms with Crippen LogP contribution in [0.25, 0.3) is 22.2 Å². The Morgan fingerprint density at radius 2 is 2.03 bits per heavy atom. The van der Waals surface area contributed by atoms with Crippen LogP contribution in [0.5, 0.6) is 0 Å². The van der Waals surface area contributed by atoms with E-state index in [1.165, 1.54) is 12.3 Å². The first kappa shape index (κ1) is 22.3. The third-order valence-electron chi connectivity index (χ3n) is 5.72. The van der Waals surface area contributed by atoms with Gasteiger partial charge in [-0.1, -0.05) is 29.8 Å². The van der Waals surface area contributed by atoms with Gasteiger partial charge in [0.25, 0.3) is 0 Å². The summed E-state index contributed by atoms with van der Waals surface area (Å²) in [6.07, 6.45) is 7.39. The van der Waals surface area contributed by atoms with Gasteiger partial charge in [0.15, 0.2) is 5.82 Å². The van der Waals surface area contributed by atoms with Crippen LogP contribution in [0.1, 0.15) is 12.2 Å². The maximum atomic E-state index is 14.1. The van der Waals surface area contributed by atoms with Gasteiger partial charge in [-0.25, -0.2) is 14.4 Å². The van der Waals surface area contributed by atoms with E-state index in [0.717, 1.165) is 18.8 Å². The highest BCUT2D eigenvalue weighted by molar-refractivity contribution is 6.33. The van der Waals surface area contributed by atoms with Crippen LogP contribution in [0.2, 0.25) is 5.02 Å². The van der Waals surface area contributed by atoms with Gasteiger partial charge in [-0.3, -0.25) is 0 Å². The Hall–Kier alpha value is -2.94. The number of fused-ring (bicyclic) bond motifs is 1. The fourth-order valence-electron chi connectivity index (χ4n) is 3.89. The highest BCUT2D eigenvalue weighted by Crippen LogP contribution is 2.36. The zero-order valence-electron chi connectivity index (χ0n) is 18.4. The summed E-state index contributed by atoms with van der Waals surface area (Å²) < 4.78 is 14.1. The van der Waals surface area contributed by atoms with E-state index in [4.69, 9.17) is 28.1 Å². The lowest BCUT2D eigenvalue weighted by Crippen LogP contribution is -2.41. The smallest absolute Gasteiger partial charge is 0.153 e. The van der Waals surface area contributed by atoms with Crippen molar-refractivity contribution < 1.29 is 4.39 Å². The zero-order valence-corrected chi connectivity index (χ0v) is 19.1. The number of para-hydroxylation sites is 1. The molecule has 168 valence electrons. The van der Waals surface area contributed by atoms with Crippen LogP contribution in [0.3, 0.4) is 0 Å². The molecule has 4 rings (SSSR count). The molecule has 1 aromatic carbocycles. The minimum atomic E-state index is -0.979. The molecule has 3 aromatic rings. The summed E-state index contributed by atoms with van der Waals surface area (Å²) in [7, 11) is 6.07. The SMILES string of the molecule is CN(C)CCN(C)C1=C(N)CC(N)(c2ncc(Cl)c(-c3c[nH]c4c(F)cccc34)n2)C=C1. The Kier molecular flexibility index (Phi) is 5.94. The summed E-state index contributed by atoms with van der Waals surface area (Å²) in [5.74, 6) is 0.0605. The molecule has 0 radical (unpaired) electrons. The second-order valence-electron chi connectivity index (χ2n) is 8.44. The van der Waals surface area contributed by atoms with E-state index >= 15 is 0 Å². The van der Waals surface area contributed by atoms with Crippen LogP contribution in [-0.4, -0.2) is 59.0 Å². The van der Waals surface area contributed by atoms with Crippen molar-refractivity contribution in [3.8, 4) is 11.3 Å². The van der Waals surface area contributed by atoms with Crippen LogP contribution < -0.4 is 11.5 Å². The fourth-order valence-corrected chi connectivity index (χ4v) is 4.08. The molecular weight excluding hydrogens is 429 g/mol. The van der Waals surface area contributed by atoms with E-state index in [-0.39, 0.29) is 5.82 Å². The van der Waals surface area contributed by atoms with E-state index in [1.54, 1.807) is 12.3 Å². The number of aromatic nitrogens is 3. The Morgan fingerprint density at radius 3 is 2.75 bits per heavy atom. The van der Waals surface area contributed by atoms with Crippen LogP contribution >= 0.6 is 11.6 Å². The molecule has 1 aliphatic rings. The summed E-state index contributed by atoms with van der Waals surface area (Å²) in [5.41, 5.74) is 15.3. The highest BCUT2D eigenvalue weighted by Gasteiger charge is 2.33. The molecule has 9 heteroatoms. The number of allylic oxidation sites excluding steroid dienone is 1. The second kappa shape index (κ2) is 8.54. The lowest BCUT2D eigenvalue weighted by atomic mass is 9.88. The summed E-state index contributed by atoms with van der Waals surface area (Å²) in [5, 5.41) is 1.04. The van der Waals surface area contributed by atoms with E-state index in [0.29, 0.717) is 45.1 Å². The number of nitrogens with zero attached hydrogens (tertiary/aromatic N) is 4. The quantitative estimate of drug-likeness (QED) is 0.527. The first-order chi connectivity index (χ1) is 15.2. The molecule has 1 unspecified atom stereocenters. The second-order valence-corrected chi connectivity index (χ2v) is 8.85. The molecular formula is C23H27ClFN7. The minimum absolute atomic E-state index is 0.339. The Bertz CT molecular complexity index is 1220. The number of hydrogen-bond acceptors (Lipinski definition) is 6. The van der Waals surface area contributed by atoms with Gasteiger partial charge in [0, 0.05) is 55.6 Å². The Labute approximate surface area is 191 Å². The summed E-state index contributed by atoms with van der Waals surface area (Å²) in [6, 6.07) is 4.87. The molecule has 5 N–H and O–H groups in total. The molecule has 2 aromatic heterocycles. The number of aromatic amines is 1. The summed E-state index contributed by atoms with van der Waals surface area (Å²) in [6.45, 7) is 1.74. The van der Waals surface area contributed by atoms with Crippen molar-refractivity contribution in [3.63, 3.8) is 0 Å². The molecule has 7 nitrogen and oxygen atoms in total. The number of rotatable bonds is 6. The van der Waals surface area contributed by atoms with Crippen molar-refractivity contribution in [2.45, 2.75) is 12.0 Å². The monoisotopic (exact) mass is 455 g/mol. The standard InChI is InChI=1S/C23H27ClFN7/c1-31(2)9-10-32(3)19-7-8-23(27,11-18(19)26)22-29-13-16(24)20(30-22)15-12-28-21-14(15)5-4-6-17(21)25/h4-8,12-13,28H,9-11,26-27H2,1-3H3. The largest absolute Gasteiger partial charge is 0.400 e. The van der Waals surface area contributed by atoms with Crippen molar-refractivity contribution >= 4 is 22.5 Å². The first-order valence-corrected chi connectivity index (χ1v) is 10.7. The molecule has 0 spiro atoms. The number of halogens is 2. The molecule has 0 aliphatic heterocycles. The average Bonchev–Trinajstić information content (AvgIpc) is 3.17. The number of nitrogens with one attached hydrogen (secondary N) is 1. The third-order valence-corrected chi connectivity index (χ3v) is 6.00. The van der Waals surface area contributed by atoms with Gasteiger partial charge in [0.1, 0.15) is 11.4 Å². The van der Waals surface area contributed by atoms with Gasteiger partial charge >= 0.3 is 0 Å². The molecule has 0 saturated carbocycles. The van der Waals surface area contributed by atoms with Crippen LogP contribution in [0.4, 0.5) is 4.39 Å². The number of benzene rings is 1. The number of hydrogen-bond donors (Lipinski definition) is 3. The lowest BCUT2D eigenvalue weighted by molar-refractivity contribution is 0.325. The zero-order chi connectivity index (χ0) is 23.0. The van der Waals surface area contributed by atoms with Crippen LogP contribution in [0.15, 0.2) is 54.1 Å². The molecule has 1 aliphatic carbocycles. The number of H-pyrrole nitrogens is 1.